The molecule has 11 nitrogen and oxygen atoms in total. The predicted octanol–water partition coefficient (Wildman–Crippen LogP) is 5.69. The quantitative estimate of drug-likeness (QED) is 0.176. The van der Waals surface area contributed by atoms with Crippen LogP contribution in [0.5, 0.6) is 5.75 Å². The summed E-state index contributed by atoms with van der Waals surface area (Å²) in [6.07, 6.45) is -2.70. The molecule has 3 amide bonds. The number of fused-ring (bicyclic) bond motifs is 2. The zero-order valence-corrected chi connectivity index (χ0v) is 25.0. The van der Waals surface area contributed by atoms with Crippen LogP contribution in [0.1, 0.15) is 47.8 Å². The first-order valence-corrected chi connectivity index (χ1v) is 14.5. The average Bonchev–Trinajstić information content (AvgIpc) is 3.51. The van der Waals surface area contributed by atoms with E-state index < -0.39 is 42.2 Å². The van der Waals surface area contributed by atoms with Crippen LogP contribution in [0.15, 0.2) is 42.6 Å². The first-order valence-electron chi connectivity index (χ1n) is 14.5. The van der Waals surface area contributed by atoms with Crippen molar-refractivity contribution in [1.82, 2.24) is 25.1 Å². The molecular weight excluding hydrogens is 596 g/mol. The maximum absolute atomic E-state index is 13.9. The molecule has 2 fully saturated rings. The number of nitrogens with one attached hydrogen (secondary N) is 4. The highest BCUT2D eigenvalue weighted by Gasteiger charge is 2.41. The van der Waals surface area contributed by atoms with Crippen molar-refractivity contribution in [2.24, 2.45) is 0 Å². The number of alkyl halides is 4. The van der Waals surface area contributed by atoms with Gasteiger partial charge in [-0.15, -0.1) is 0 Å². The molecule has 3 aliphatic rings. The van der Waals surface area contributed by atoms with Crippen molar-refractivity contribution in [1.29, 1.82) is 0 Å². The molecule has 2 aromatic carbocycles. The Labute approximate surface area is 257 Å². The van der Waals surface area contributed by atoms with E-state index in [1.807, 2.05) is 0 Å². The monoisotopic (exact) mass is 630 g/mol. The van der Waals surface area contributed by atoms with Gasteiger partial charge in [-0.25, -0.2) is 14.2 Å². The van der Waals surface area contributed by atoms with E-state index in [2.05, 4.69) is 36.1 Å². The number of hydrogen-bond donors (Lipinski definition) is 4. The number of aromatic nitrogens is 2. The van der Waals surface area contributed by atoms with E-state index in [0.717, 1.165) is 6.04 Å². The van der Waals surface area contributed by atoms with Crippen molar-refractivity contribution in [3.63, 3.8) is 0 Å². The third-order valence-corrected chi connectivity index (χ3v) is 7.78. The summed E-state index contributed by atoms with van der Waals surface area (Å²) < 4.78 is 60.1. The lowest BCUT2D eigenvalue weighted by molar-refractivity contribution is -0.137. The topological polar surface area (TPSA) is 124 Å². The van der Waals surface area contributed by atoms with Crippen LogP contribution in [-0.2, 0) is 6.18 Å². The second-order valence-corrected chi connectivity index (χ2v) is 10.7. The lowest BCUT2D eigenvalue weighted by Crippen LogP contribution is -2.28. The molecule has 4 heterocycles. The summed E-state index contributed by atoms with van der Waals surface area (Å²) in [6, 6.07) is 9.56. The van der Waals surface area contributed by atoms with Crippen LogP contribution in [0, 0.1) is 0 Å². The van der Waals surface area contributed by atoms with E-state index in [-0.39, 0.29) is 29.5 Å². The van der Waals surface area contributed by atoms with Crippen molar-refractivity contribution >= 4 is 40.8 Å². The number of anilines is 5. The number of hydrogen-bond acceptors (Lipinski definition) is 8. The highest BCUT2D eigenvalue weighted by Crippen LogP contribution is 2.41. The molecule has 3 atom stereocenters. The van der Waals surface area contributed by atoms with Gasteiger partial charge in [0.1, 0.15) is 23.8 Å². The largest absolute Gasteiger partial charge is 0.494 e. The fourth-order valence-electron chi connectivity index (χ4n) is 5.24. The van der Waals surface area contributed by atoms with E-state index >= 15 is 0 Å². The SMILES string of the molecule is C1CN2CC12.CCNC(=O)Nc1ccc(Nc2ncc(C(F)(F)F)c(Nc3cccc4c3C(=O)N(CCF)C4C)n2)c(OC)c1. The van der Waals surface area contributed by atoms with Gasteiger partial charge in [0.25, 0.3) is 5.91 Å². The average molecular weight is 631 g/mol. The smallest absolute Gasteiger partial charge is 0.421 e. The van der Waals surface area contributed by atoms with Crippen molar-refractivity contribution in [3.8, 4) is 5.75 Å². The summed E-state index contributed by atoms with van der Waals surface area (Å²) in [7, 11) is 1.39. The molecule has 0 saturated carbocycles. The third-order valence-electron chi connectivity index (χ3n) is 7.78. The van der Waals surface area contributed by atoms with E-state index in [1.54, 1.807) is 32.0 Å². The second kappa shape index (κ2) is 13.1. The van der Waals surface area contributed by atoms with Crippen LogP contribution in [-0.4, -0.2) is 77.7 Å². The number of benzene rings is 2. The molecule has 45 heavy (non-hydrogen) atoms. The van der Waals surface area contributed by atoms with Crippen molar-refractivity contribution in [3.05, 3.63) is 59.3 Å². The summed E-state index contributed by atoms with van der Waals surface area (Å²) >= 11 is 0. The first kappa shape index (κ1) is 31.8. The standard InChI is InChI=1S/C26H27F4N7O3.C4H7N/c1-4-31-25(39)33-15-8-9-18(20(12-15)40-3)35-24-32-13-17(26(28,29)30)22(36-24)34-19-7-5-6-16-14(2)37(11-10-27)23(38)21(16)19;1-2-5-3-4(1)5/h5-9,12-14H,4,10-11H2,1-3H3,(H2,31,33,39)(H2,32,34,35,36);4H,1-3H2. The van der Waals surface area contributed by atoms with Crippen LogP contribution in [0.4, 0.5) is 51.2 Å². The molecule has 3 aromatic rings. The first-order chi connectivity index (χ1) is 21.5. The van der Waals surface area contributed by atoms with Crippen molar-refractivity contribution in [2.45, 2.75) is 38.5 Å². The Bertz CT molecular complexity index is 1560. The van der Waals surface area contributed by atoms with Gasteiger partial charge in [-0.05, 0) is 44.0 Å². The summed E-state index contributed by atoms with van der Waals surface area (Å²) in [5.41, 5.74) is 0.410. The van der Waals surface area contributed by atoms with Crippen LogP contribution < -0.4 is 26.0 Å². The highest BCUT2D eigenvalue weighted by atomic mass is 19.4. The number of rotatable bonds is 9. The molecule has 15 heteroatoms. The fourth-order valence-corrected chi connectivity index (χ4v) is 5.24. The van der Waals surface area contributed by atoms with Gasteiger partial charge in [0.05, 0.1) is 30.1 Å². The molecule has 3 unspecified atom stereocenters. The molecule has 6 rings (SSSR count). The Morgan fingerprint density at radius 1 is 1.16 bits per heavy atom. The number of urea groups is 1. The van der Waals surface area contributed by atoms with Crippen LogP contribution in [0.25, 0.3) is 0 Å². The van der Waals surface area contributed by atoms with Gasteiger partial charge in [0.2, 0.25) is 5.95 Å². The predicted molar refractivity (Wildman–Crippen MR) is 161 cm³/mol. The number of halogens is 4. The van der Waals surface area contributed by atoms with Crippen LogP contribution in [0.2, 0.25) is 0 Å². The normalized spacial score (nSPS) is 19.3. The summed E-state index contributed by atoms with van der Waals surface area (Å²) in [5, 5.41) is 10.7. The van der Waals surface area contributed by atoms with Gasteiger partial charge in [0, 0.05) is 50.2 Å². The van der Waals surface area contributed by atoms with Gasteiger partial charge in [-0.1, -0.05) is 12.1 Å². The van der Waals surface area contributed by atoms with E-state index in [9.17, 15) is 27.2 Å². The molecule has 0 aliphatic carbocycles. The van der Waals surface area contributed by atoms with Gasteiger partial charge >= 0.3 is 12.2 Å². The summed E-state index contributed by atoms with van der Waals surface area (Å²) in [6.45, 7) is 5.85. The van der Waals surface area contributed by atoms with E-state index in [1.165, 1.54) is 49.7 Å². The van der Waals surface area contributed by atoms with Gasteiger partial charge in [-0.3, -0.25) is 9.69 Å². The number of amides is 3. The molecule has 2 saturated heterocycles. The minimum atomic E-state index is -4.81. The molecule has 3 aliphatic heterocycles. The number of nitrogens with zero attached hydrogens (tertiary/aromatic N) is 4. The van der Waals surface area contributed by atoms with Crippen molar-refractivity contribution in [2.75, 3.05) is 55.9 Å². The summed E-state index contributed by atoms with van der Waals surface area (Å²) in [4.78, 5) is 36.5. The van der Waals surface area contributed by atoms with Crippen LogP contribution in [0.3, 0.4) is 0 Å². The Balaban J connectivity index is 0.000000715. The second-order valence-electron chi connectivity index (χ2n) is 10.7. The van der Waals surface area contributed by atoms with Crippen LogP contribution >= 0.6 is 0 Å². The molecular formula is C30H34F4N8O3. The van der Waals surface area contributed by atoms with E-state index in [4.69, 9.17) is 4.74 Å². The summed E-state index contributed by atoms with van der Waals surface area (Å²) in [5.74, 6) is -1.00. The molecule has 4 N–H and O–H groups in total. The Kier molecular flexibility index (Phi) is 9.27. The zero-order valence-electron chi connectivity index (χ0n) is 25.0. The number of carbonyl (C=O) groups excluding carboxylic acids is 2. The lowest BCUT2D eigenvalue weighted by atomic mass is 10.0. The van der Waals surface area contributed by atoms with Gasteiger partial charge in [-0.2, -0.15) is 18.2 Å². The molecule has 1 aromatic heterocycles. The molecule has 0 spiro atoms. The van der Waals surface area contributed by atoms with Gasteiger partial charge < -0.3 is 30.9 Å². The molecule has 0 bridgehead atoms. The maximum atomic E-state index is 13.9. The Hall–Kier alpha value is -4.66. The maximum Gasteiger partial charge on any atom is 0.421 e. The van der Waals surface area contributed by atoms with Gasteiger partial charge in [0.15, 0.2) is 0 Å². The minimum absolute atomic E-state index is 0.101. The van der Waals surface area contributed by atoms with Crippen molar-refractivity contribution < 1.29 is 31.9 Å². The lowest BCUT2D eigenvalue weighted by Gasteiger charge is -2.20. The Morgan fingerprint density at radius 3 is 2.53 bits per heavy atom. The number of ether oxygens (including phenoxy) is 1. The highest BCUT2D eigenvalue weighted by molar-refractivity contribution is 6.04. The zero-order chi connectivity index (χ0) is 32.3. The minimum Gasteiger partial charge on any atom is -0.494 e. The molecule has 240 valence electrons. The number of methoxy groups -OCH3 is 1. The van der Waals surface area contributed by atoms with E-state index in [0.29, 0.717) is 29.7 Å². The fraction of sp³-hybridized carbons (Fsp3) is 0.400. The third kappa shape index (κ3) is 7.03. The Morgan fingerprint density at radius 2 is 1.93 bits per heavy atom. The molecule has 0 radical (unpaired) electrons. The number of carbonyl (C=O) groups is 2.